The van der Waals surface area contributed by atoms with Gasteiger partial charge in [-0.25, -0.2) is 4.79 Å². The number of aliphatic hydroxyl groups is 1. The van der Waals surface area contributed by atoms with Crippen molar-refractivity contribution in [2.45, 2.75) is 19.0 Å². The molecular formula is C12H11BrF2O5. The summed E-state index contributed by atoms with van der Waals surface area (Å²) in [4.78, 5) is 11.2. The Kier molecular flexibility index (Phi) is 4.14. The molecule has 0 aliphatic carbocycles. The SMILES string of the molecule is CCOC(=O)C(F)(F)C(O)c1cc(Br)c2c(c1)OCO2. The Morgan fingerprint density at radius 1 is 1.55 bits per heavy atom. The van der Waals surface area contributed by atoms with E-state index in [1.54, 1.807) is 0 Å². The maximum Gasteiger partial charge on any atom is 0.380 e. The summed E-state index contributed by atoms with van der Waals surface area (Å²) in [5.74, 6) is -5.25. The second-order valence-electron chi connectivity index (χ2n) is 3.98. The molecule has 1 aromatic carbocycles. The Bertz CT molecular complexity index is 535. The number of benzene rings is 1. The number of rotatable bonds is 4. The molecule has 1 aliphatic heterocycles. The summed E-state index contributed by atoms with van der Waals surface area (Å²) in [5.41, 5.74) is -0.181. The van der Waals surface area contributed by atoms with Gasteiger partial charge in [0.25, 0.3) is 0 Å². The average molecular weight is 353 g/mol. The predicted molar refractivity (Wildman–Crippen MR) is 66.8 cm³/mol. The maximum absolute atomic E-state index is 13.8. The number of fused-ring (bicyclic) bond motifs is 1. The van der Waals surface area contributed by atoms with Gasteiger partial charge in [-0.3, -0.25) is 0 Å². The lowest BCUT2D eigenvalue weighted by Crippen LogP contribution is -2.37. The Morgan fingerprint density at radius 3 is 2.90 bits per heavy atom. The molecule has 1 N–H and O–H groups in total. The minimum Gasteiger partial charge on any atom is -0.461 e. The first-order chi connectivity index (χ1) is 9.37. The fourth-order valence-corrected chi connectivity index (χ4v) is 2.27. The van der Waals surface area contributed by atoms with Gasteiger partial charge in [-0.2, -0.15) is 8.78 Å². The van der Waals surface area contributed by atoms with Gasteiger partial charge >= 0.3 is 11.9 Å². The minimum absolute atomic E-state index is 0.0399. The van der Waals surface area contributed by atoms with Crippen molar-refractivity contribution in [1.82, 2.24) is 0 Å². The van der Waals surface area contributed by atoms with Crippen molar-refractivity contribution in [1.29, 1.82) is 0 Å². The summed E-state index contributed by atoms with van der Waals surface area (Å²) in [7, 11) is 0. The number of carbonyl (C=O) groups is 1. The van der Waals surface area contributed by atoms with E-state index in [1.165, 1.54) is 19.1 Å². The van der Waals surface area contributed by atoms with Crippen LogP contribution < -0.4 is 9.47 Å². The molecule has 1 atom stereocenters. The van der Waals surface area contributed by atoms with E-state index >= 15 is 0 Å². The molecule has 5 nitrogen and oxygen atoms in total. The largest absolute Gasteiger partial charge is 0.461 e. The third kappa shape index (κ3) is 2.57. The molecule has 1 aromatic rings. The van der Waals surface area contributed by atoms with E-state index in [9.17, 15) is 18.7 Å². The van der Waals surface area contributed by atoms with E-state index in [2.05, 4.69) is 20.7 Å². The summed E-state index contributed by atoms with van der Waals surface area (Å²) >= 11 is 3.12. The van der Waals surface area contributed by atoms with Crippen LogP contribution >= 0.6 is 15.9 Å². The van der Waals surface area contributed by atoms with Crippen molar-refractivity contribution in [2.24, 2.45) is 0 Å². The number of halogens is 3. The highest BCUT2D eigenvalue weighted by molar-refractivity contribution is 9.10. The fourth-order valence-electron chi connectivity index (χ4n) is 1.69. The van der Waals surface area contributed by atoms with E-state index in [0.717, 1.165) is 0 Å². The zero-order chi connectivity index (χ0) is 14.9. The first-order valence-corrected chi connectivity index (χ1v) is 6.49. The monoisotopic (exact) mass is 352 g/mol. The van der Waals surface area contributed by atoms with Crippen molar-refractivity contribution in [2.75, 3.05) is 13.4 Å². The Balaban J connectivity index is 2.31. The quantitative estimate of drug-likeness (QED) is 0.843. The molecule has 1 unspecified atom stereocenters. The lowest BCUT2D eigenvalue weighted by atomic mass is 10.0. The van der Waals surface area contributed by atoms with Gasteiger partial charge in [0.2, 0.25) is 6.79 Å². The van der Waals surface area contributed by atoms with Crippen molar-refractivity contribution in [3.8, 4) is 11.5 Å². The van der Waals surface area contributed by atoms with Gasteiger partial charge in [0.1, 0.15) is 0 Å². The smallest absolute Gasteiger partial charge is 0.380 e. The van der Waals surface area contributed by atoms with Crippen LogP contribution in [0, 0.1) is 0 Å². The summed E-state index contributed by atoms with van der Waals surface area (Å²) in [6.45, 7) is 1.16. The standard InChI is InChI=1S/C12H11BrF2O5/c1-2-18-11(17)12(14,15)10(16)6-3-7(13)9-8(4-6)19-5-20-9/h3-4,10,16H,2,5H2,1H3. The van der Waals surface area contributed by atoms with Crippen LogP contribution in [0.2, 0.25) is 0 Å². The van der Waals surface area contributed by atoms with Crippen LogP contribution in [0.3, 0.4) is 0 Å². The third-order valence-electron chi connectivity index (χ3n) is 2.66. The molecule has 1 aliphatic rings. The van der Waals surface area contributed by atoms with E-state index < -0.39 is 18.0 Å². The zero-order valence-electron chi connectivity index (χ0n) is 10.4. The number of aliphatic hydroxyl groups excluding tert-OH is 1. The molecule has 2 rings (SSSR count). The van der Waals surface area contributed by atoms with E-state index in [1.807, 2.05) is 0 Å². The van der Waals surface area contributed by atoms with Gasteiger partial charge in [-0.15, -0.1) is 0 Å². The lowest BCUT2D eigenvalue weighted by molar-refractivity contribution is -0.189. The van der Waals surface area contributed by atoms with E-state index in [-0.39, 0.29) is 24.7 Å². The fraction of sp³-hybridized carbons (Fsp3) is 0.417. The summed E-state index contributed by atoms with van der Waals surface area (Å²) in [6, 6.07) is 2.44. The van der Waals surface area contributed by atoms with Crippen LogP contribution in [-0.2, 0) is 9.53 Å². The van der Waals surface area contributed by atoms with Crippen LogP contribution in [0.5, 0.6) is 11.5 Å². The second-order valence-corrected chi connectivity index (χ2v) is 4.84. The molecule has 0 aromatic heterocycles. The van der Waals surface area contributed by atoms with Crippen LogP contribution in [0.15, 0.2) is 16.6 Å². The number of alkyl halides is 2. The Morgan fingerprint density at radius 2 is 2.25 bits per heavy atom. The molecule has 20 heavy (non-hydrogen) atoms. The molecule has 110 valence electrons. The summed E-state index contributed by atoms with van der Waals surface area (Å²) in [5, 5.41) is 9.73. The molecule has 0 bridgehead atoms. The number of esters is 1. The topological polar surface area (TPSA) is 65.0 Å². The Hall–Kier alpha value is -1.41. The first-order valence-electron chi connectivity index (χ1n) is 5.70. The van der Waals surface area contributed by atoms with Crippen molar-refractivity contribution in [3.05, 3.63) is 22.2 Å². The first kappa shape index (κ1) is 15.0. The van der Waals surface area contributed by atoms with Gasteiger partial charge in [0.05, 0.1) is 11.1 Å². The highest BCUT2D eigenvalue weighted by atomic mass is 79.9. The zero-order valence-corrected chi connectivity index (χ0v) is 11.9. The number of hydrogen-bond donors (Lipinski definition) is 1. The molecule has 0 amide bonds. The van der Waals surface area contributed by atoms with Crippen molar-refractivity contribution in [3.63, 3.8) is 0 Å². The van der Waals surface area contributed by atoms with Crippen LogP contribution in [0.1, 0.15) is 18.6 Å². The van der Waals surface area contributed by atoms with Crippen LogP contribution in [0.25, 0.3) is 0 Å². The average Bonchev–Trinajstić information content (AvgIpc) is 2.86. The summed E-state index contributed by atoms with van der Waals surface area (Å²) < 4.78 is 42.3. The lowest BCUT2D eigenvalue weighted by Gasteiger charge is -2.21. The van der Waals surface area contributed by atoms with Gasteiger partial charge in [-0.1, -0.05) is 0 Å². The highest BCUT2D eigenvalue weighted by Crippen LogP contribution is 2.43. The van der Waals surface area contributed by atoms with Crippen molar-refractivity contribution < 1.29 is 32.9 Å². The number of hydrogen-bond acceptors (Lipinski definition) is 5. The molecule has 0 spiro atoms. The van der Waals surface area contributed by atoms with Gasteiger partial charge < -0.3 is 19.3 Å². The van der Waals surface area contributed by atoms with E-state index in [0.29, 0.717) is 10.2 Å². The molecule has 0 saturated heterocycles. The maximum atomic E-state index is 13.8. The van der Waals surface area contributed by atoms with Crippen LogP contribution in [0.4, 0.5) is 8.78 Å². The number of carbonyl (C=O) groups excluding carboxylic acids is 1. The van der Waals surface area contributed by atoms with Gasteiger partial charge in [0, 0.05) is 0 Å². The predicted octanol–water partition coefficient (Wildman–Crippen LogP) is 2.41. The molecule has 8 heteroatoms. The summed E-state index contributed by atoms with van der Waals surface area (Å²) in [6.07, 6.45) is -2.34. The molecular weight excluding hydrogens is 342 g/mol. The highest BCUT2D eigenvalue weighted by Gasteiger charge is 2.49. The molecule has 1 heterocycles. The minimum atomic E-state index is -4.05. The molecule has 0 saturated carbocycles. The number of ether oxygens (including phenoxy) is 3. The second kappa shape index (κ2) is 5.53. The normalized spacial score (nSPS) is 15.1. The molecule has 0 fully saturated rings. The Labute approximate surface area is 121 Å². The van der Waals surface area contributed by atoms with Crippen LogP contribution in [-0.4, -0.2) is 30.4 Å². The molecule has 0 radical (unpaired) electrons. The van der Waals surface area contributed by atoms with Crippen molar-refractivity contribution >= 4 is 21.9 Å². The third-order valence-corrected chi connectivity index (χ3v) is 3.25. The van der Waals surface area contributed by atoms with E-state index in [4.69, 9.17) is 9.47 Å². The van der Waals surface area contributed by atoms with Gasteiger partial charge in [-0.05, 0) is 40.5 Å². The van der Waals surface area contributed by atoms with Gasteiger partial charge in [0.15, 0.2) is 17.6 Å².